The van der Waals surface area contributed by atoms with Crippen LogP contribution in [0.5, 0.6) is 0 Å². The van der Waals surface area contributed by atoms with E-state index in [1.807, 2.05) is 68.4 Å². The normalized spacial score (nSPS) is 10.9. The summed E-state index contributed by atoms with van der Waals surface area (Å²) in [6.45, 7) is 2.00. The van der Waals surface area contributed by atoms with Crippen LogP contribution in [0, 0.1) is 6.92 Å². The number of nitrogens with two attached hydrogens (primary N) is 1. The summed E-state index contributed by atoms with van der Waals surface area (Å²) in [7, 11) is 4.01. The van der Waals surface area contributed by atoms with Gasteiger partial charge in [-0.15, -0.1) is 5.11 Å². The van der Waals surface area contributed by atoms with Gasteiger partial charge in [0.25, 0.3) is 0 Å². The summed E-state index contributed by atoms with van der Waals surface area (Å²) < 4.78 is 0. The molecule has 2 N–H and O–H groups in total. The number of hydrogen-bond donors (Lipinski definition) is 1. The molecule has 0 saturated heterocycles. The maximum absolute atomic E-state index is 5.86. The highest BCUT2D eigenvalue weighted by Gasteiger charge is 1.98. The maximum Gasteiger partial charge on any atom is 0.109 e. The van der Waals surface area contributed by atoms with Crippen molar-refractivity contribution in [2.24, 2.45) is 10.2 Å². The highest BCUT2D eigenvalue weighted by molar-refractivity contribution is 5.63. The minimum atomic E-state index is 0.638. The summed E-state index contributed by atoms with van der Waals surface area (Å²) in [4.78, 5) is 2.04. The number of aryl methyl sites for hydroxylation is 1. The van der Waals surface area contributed by atoms with E-state index in [-0.39, 0.29) is 0 Å². The van der Waals surface area contributed by atoms with Crippen molar-refractivity contribution in [1.29, 1.82) is 0 Å². The van der Waals surface area contributed by atoms with Crippen LogP contribution in [-0.4, -0.2) is 14.1 Å². The molecule has 0 bridgehead atoms. The predicted molar refractivity (Wildman–Crippen MR) is 80.5 cm³/mol. The molecule has 0 spiro atoms. The van der Waals surface area contributed by atoms with Crippen LogP contribution < -0.4 is 10.6 Å². The number of anilines is 2. The van der Waals surface area contributed by atoms with Gasteiger partial charge in [-0.3, -0.25) is 0 Å². The second-order valence-corrected chi connectivity index (χ2v) is 4.67. The monoisotopic (exact) mass is 254 g/mol. The summed E-state index contributed by atoms with van der Waals surface area (Å²) in [5, 5.41) is 8.40. The molecule has 0 atom stereocenters. The Bertz CT molecular complexity index is 586. The molecule has 98 valence electrons. The van der Waals surface area contributed by atoms with Gasteiger partial charge in [0.1, 0.15) is 5.69 Å². The SMILES string of the molecule is Cc1ccc(N)c(N=Nc2ccc(N(C)C)cc2)c1. The van der Waals surface area contributed by atoms with Crippen molar-refractivity contribution in [1.82, 2.24) is 0 Å². The third kappa shape index (κ3) is 3.31. The van der Waals surface area contributed by atoms with E-state index in [1.54, 1.807) is 0 Å². The van der Waals surface area contributed by atoms with Crippen LogP contribution >= 0.6 is 0 Å². The van der Waals surface area contributed by atoms with Crippen LogP contribution in [0.25, 0.3) is 0 Å². The van der Waals surface area contributed by atoms with Crippen molar-refractivity contribution in [3.63, 3.8) is 0 Å². The van der Waals surface area contributed by atoms with Crippen molar-refractivity contribution < 1.29 is 0 Å². The van der Waals surface area contributed by atoms with E-state index in [9.17, 15) is 0 Å². The number of nitrogens with zero attached hydrogens (tertiary/aromatic N) is 3. The summed E-state index contributed by atoms with van der Waals surface area (Å²) in [6, 6.07) is 13.6. The van der Waals surface area contributed by atoms with Crippen molar-refractivity contribution in [3.05, 3.63) is 48.0 Å². The van der Waals surface area contributed by atoms with E-state index in [2.05, 4.69) is 10.2 Å². The molecule has 0 aliphatic carbocycles. The van der Waals surface area contributed by atoms with Gasteiger partial charge in [0.15, 0.2) is 0 Å². The maximum atomic E-state index is 5.86. The van der Waals surface area contributed by atoms with Gasteiger partial charge >= 0.3 is 0 Å². The lowest BCUT2D eigenvalue weighted by atomic mass is 10.2. The number of azo groups is 1. The number of nitrogen functional groups attached to an aromatic ring is 1. The first-order chi connectivity index (χ1) is 9.06. The molecule has 0 unspecified atom stereocenters. The zero-order chi connectivity index (χ0) is 13.8. The van der Waals surface area contributed by atoms with Crippen LogP contribution in [0.2, 0.25) is 0 Å². The molecule has 4 nitrogen and oxygen atoms in total. The molecule has 2 rings (SSSR count). The molecule has 0 fully saturated rings. The zero-order valence-electron chi connectivity index (χ0n) is 11.5. The molecule has 0 aromatic heterocycles. The molecular weight excluding hydrogens is 236 g/mol. The van der Waals surface area contributed by atoms with Crippen LogP contribution in [-0.2, 0) is 0 Å². The molecular formula is C15H18N4. The van der Waals surface area contributed by atoms with E-state index in [0.717, 1.165) is 16.9 Å². The van der Waals surface area contributed by atoms with Gasteiger partial charge in [-0.1, -0.05) is 6.07 Å². The van der Waals surface area contributed by atoms with Crippen molar-refractivity contribution in [3.8, 4) is 0 Å². The molecule has 2 aromatic carbocycles. The highest BCUT2D eigenvalue weighted by atomic mass is 15.1. The standard InChI is InChI=1S/C15H18N4/c1-11-4-9-14(16)15(10-11)18-17-12-5-7-13(8-6-12)19(2)3/h4-10H,16H2,1-3H3. The van der Waals surface area contributed by atoms with E-state index in [4.69, 9.17) is 5.73 Å². The lowest BCUT2D eigenvalue weighted by Crippen LogP contribution is -2.07. The minimum absolute atomic E-state index is 0.638. The largest absolute Gasteiger partial charge is 0.397 e. The Hall–Kier alpha value is -2.36. The molecule has 2 aromatic rings. The Morgan fingerprint density at radius 2 is 1.63 bits per heavy atom. The van der Waals surface area contributed by atoms with E-state index < -0.39 is 0 Å². The lowest BCUT2D eigenvalue weighted by molar-refractivity contribution is 1.13. The quantitative estimate of drug-likeness (QED) is 0.663. The Balaban J connectivity index is 2.20. The van der Waals surface area contributed by atoms with E-state index in [0.29, 0.717) is 11.4 Å². The Labute approximate surface area is 113 Å². The fourth-order valence-corrected chi connectivity index (χ4v) is 1.67. The van der Waals surface area contributed by atoms with Gasteiger partial charge in [0, 0.05) is 19.8 Å². The summed E-state index contributed by atoms with van der Waals surface area (Å²) >= 11 is 0. The first-order valence-electron chi connectivity index (χ1n) is 6.11. The second-order valence-electron chi connectivity index (χ2n) is 4.67. The van der Waals surface area contributed by atoms with Gasteiger partial charge in [0.2, 0.25) is 0 Å². The Kier molecular flexibility index (Phi) is 3.80. The number of hydrogen-bond acceptors (Lipinski definition) is 4. The van der Waals surface area contributed by atoms with Crippen molar-refractivity contribution >= 4 is 22.7 Å². The fraction of sp³-hybridized carbons (Fsp3) is 0.200. The van der Waals surface area contributed by atoms with Crippen LogP contribution in [0.4, 0.5) is 22.7 Å². The lowest BCUT2D eigenvalue weighted by Gasteiger charge is -2.11. The second kappa shape index (κ2) is 5.52. The number of benzene rings is 2. The van der Waals surface area contributed by atoms with E-state index in [1.165, 1.54) is 0 Å². The van der Waals surface area contributed by atoms with Crippen molar-refractivity contribution in [2.75, 3.05) is 24.7 Å². The minimum Gasteiger partial charge on any atom is -0.397 e. The molecule has 0 saturated carbocycles. The molecule has 0 amide bonds. The molecule has 0 radical (unpaired) electrons. The van der Waals surface area contributed by atoms with E-state index >= 15 is 0 Å². The summed E-state index contributed by atoms with van der Waals surface area (Å²) in [5.74, 6) is 0. The summed E-state index contributed by atoms with van der Waals surface area (Å²) in [5.41, 5.74) is 10.3. The molecule has 0 heterocycles. The third-order valence-electron chi connectivity index (χ3n) is 2.83. The van der Waals surface area contributed by atoms with Crippen LogP contribution in [0.3, 0.4) is 0 Å². The van der Waals surface area contributed by atoms with Gasteiger partial charge < -0.3 is 10.6 Å². The van der Waals surface area contributed by atoms with Gasteiger partial charge in [-0.05, 0) is 48.9 Å². The first-order valence-corrected chi connectivity index (χ1v) is 6.11. The van der Waals surface area contributed by atoms with Gasteiger partial charge in [-0.25, -0.2) is 0 Å². The Morgan fingerprint density at radius 3 is 2.26 bits per heavy atom. The average molecular weight is 254 g/mol. The first kappa shape index (κ1) is 13.1. The van der Waals surface area contributed by atoms with Crippen molar-refractivity contribution in [2.45, 2.75) is 6.92 Å². The summed E-state index contributed by atoms with van der Waals surface area (Å²) in [6.07, 6.45) is 0. The topological polar surface area (TPSA) is 54.0 Å². The highest BCUT2D eigenvalue weighted by Crippen LogP contribution is 2.26. The smallest absolute Gasteiger partial charge is 0.109 e. The molecule has 0 aliphatic heterocycles. The zero-order valence-corrected chi connectivity index (χ0v) is 11.5. The third-order valence-corrected chi connectivity index (χ3v) is 2.83. The van der Waals surface area contributed by atoms with Crippen LogP contribution in [0.1, 0.15) is 5.56 Å². The Morgan fingerprint density at radius 1 is 0.947 bits per heavy atom. The molecule has 19 heavy (non-hydrogen) atoms. The van der Waals surface area contributed by atoms with Gasteiger partial charge in [-0.2, -0.15) is 5.11 Å². The molecule has 4 heteroatoms. The fourth-order valence-electron chi connectivity index (χ4n) is 1.67. The van der Waals surface area contributed by atoms with Crippen LogP contribution in [0.15, 0.2) is 52.7 Å². The predicted octanol–water partition coefficient (Wildman–Crippen LogP) is 4.06. The molecule has 0 aliphatic rings. The average Bonchev–Trinajstić information content (AvgIpc) is 2.40. The van der Waals surface area contributed by atoms with Gasteiger partial charge in [0.05, 0.1) is 11.4 Å². The number of rotatable bonds is 3.